The minimum atomic E-state index is 0.0166. The van der Waals surface area contributed by atoms with E-state index in [2.05, 4.69) is 265 Å². The second kappa shape index (κ2) is 18.0. The van der Waals surface area contributed by atoms with E-state index < -0.39 is 0 Å². The lowest BCUT2D eigenvalue weighted by molar-refractivity contribution is 0.436. The number of hydrogen-bond acceptors (Lipinski definition) is 3. The predicted molar refractivity (Wildman–Crippen MR) is 272 cm³/mol. The lowest BCUT2D eigenvalue weighted by atomic mass is 9.71. The average molecular weight is 828 g/mol. The van der Waals surface area contributed by atoms with Crippen molar-refractivity contribution < 1.29 is 0 Å². The molecule has 0 bridgehead atoms. The Morgan fingerprint density at radius 3 is 1.08 bits per heavy atom. The fourth-order valence-corrected chi connectivity index (χ4v) is 10.2. The maximum absolute atomic E-state index is 2.51. The van der Waals surface area contributed by atoms with Crippen molar-refractivity contribution in [1.29, 1.82) is 0 Å². The number of para-hydroxylation sites is 4. The zero-order valence-corrected chi connectivity index (χ0v) is 36.7. The van der Waals surface area contributed by atoms with Gasteiger partial charge >= 0.3 is 0 Å². The van der Waals surface area contributed by atoms with Crippen LogP contribution < -0.4 is 14.7 Å². The van der Waals surface area contributed by atoms with E-state index in [1.165, 1.54) is 33.4 Å². The van der Waals surface area contributed by atoms with E-state index in [9.17, 15) is 0 Å². The first kappa shape index (κ1) is 40.5. The second-order valence-corrected chi connectivity index (χ2v) is 16.8. The first-order valence-electron chi connectivity index (χ1n) is 22.8. The second-order valence-electron chi connectivity index (χ2n) is 16.8. The Hall–Kier alpha value is -7.62. The van der Waals surface area contributed by atoms with Gasteiger partial charge in [-0.05, 0) is 149 Å². The molecule has 0 fully saturated rings. The van der Waals surface area contributed by atoms with Gasteiger partial charge in [0.15, 0.2) is 0 Å². The van der Waals surface area contributed by atoms with Crippen molar-refractivity contribution >= 4 is 51.2 Å². The molecule has 64 heavy (non-hydrogen) atoms. The molecule has 0 saturated carbocycles. The van der Waals surface area contributed by atoms with Gasteiger partial charge in [-0.3, -0.25) is 0 Å². The molecule has 9 aromatic carbocycles. The van der Waals surface area contributed by atoms with Gasteiger partial charge in [-0.15, -0.1) is 0 Å². The Kier molecular flexibility index (Phi) is 11.4. The van der Waals surface area contributed by atoms with E-state index in [1.54, 1.807) is 0 Å². The van der Waals surface area contributed by atoms with Crippen LogP contribution in [-0.2, 0) is 5.41 Å². The quantitative estimate of drug-likeness (QED) is 0.108. The monoisotopic (exact) mass is 827 g/mol. The van der Waals surface area contributed by atoms with E-state index in [1.807, 2.05) is 0 Å². The van der Waals surface area contributed by atoms with Crippen LogP contribution in [0.15, 0.2) is 237 Å². The molecule has 312 valence electrons. The van der Waals surface area contributed by atoms with E-state index in [-0.39, 0.29) is 5.41 Å². The number of fused-ring (bicyclic) bond motifs is 3. The summed E-state index contributed by atoms with van der Waals surface area (Å²) in [5.41, 5.74) is 17.9. The van der Waals surface area contributed by atoms with E-state index in [0.29, 0.717) is 0 Å². The van der Waals surface area contributed by atoms with Crippen LogP contribution in [0.4, 0.5) is 51.2 Å². The number of nitrogens with zero attached hydrogens (tertiary/aromatic N) is 3. The molecule has 0 aromatic heterocycles. The van der Waals surface area contributed by atoms with Crippen LogP contribution in [0, 0.1) is 0 Å². The molecule has 9 aromatic rings. The van der Waals surface area contributed by atoms with Gasteiger partial charge in [-0.1, -0.05) is 160 Å². The van der Waals surface area contributed by atoms with Crippen molar-refractivity contribution in [3.8, 4) is 22.3 Å². The highest BCUT2D eigenvalue weighted by Gasteiger charge is 2.41. The van der Waals surface area contributed by atoms with Gasteiger partial charge in [-0.25, -0.2) is 0 Å². The molecular weight excluding hydrogens is 775 g/mol. The van der Waals surface area contributed by atoms with Gasteiger partial charge in [0.2, 0.25) is 0 Å². The molecule has 3 heteroatoms. The SMILES string of the molecule is CCCC1(CCC)c2ccccc2-c2ccc(-c3cccc(N(c4cccc(N(c5ccccc5)c5ccccc5)c4)c4cccc(N(c5ccccc5)c5ccccc5)c4)c3)cc21. The maximum Gasteiger partial charge on any atom is 0.0482 e. The maximum atomic E-state index is 2.51. The van der Waals surface area contributed by atoms with Crippen molar-refractivity contribution in [3.05, 3.63) is 248 Å². The first-order valence-corrected chi connectivity index (χ1v) is 22.8. The zero-order chi connectivity index (χ0) is 43.3. The summed E-state index contributed by atoms with van der Waals surface area (Å²) in [6.45, 7) is 4.67. The summed E-state index contributed by atoms with van der Waals surface area (Å²) in [7, 11) is 0. The molecule has 1 aliphatic rings. The lowest BCUT2D eigenvalue weighted by Gasteiger charge is -2.32. The van der Waals surface area contributed by atoms with Crippen molar-refractivity contribution in [3.63, 3.8) is 0 Å². The zero-order valence-electron chi connectivity index (χ0n) is 36.7. The fraction of sp³-hybridized carbons (Fsp3) is 0.115. The molecule has 0 spiro atoms. The average Bonchev–Trinajstić information content (AvgIpc) is 3.62. The number of rotatable bonds is 14. The van der Waals surface area contributed by atoms with Crippen LogP contribution in [0.2, 0.25) is 0 Å². The molecule has 0 unspecified atom stereocenters. The predicted octanol–water partition coefficient (Wildman–Crippen LogP) is 17.6. The standard InChI is InChI=1S/C61H53N3/c1-3-40-61(41-4-2)59-37-18-17-36-57(59)58-39-38-47(43-60(58)61)46-22-19-31-52(42-46)64(55-34-20-32-53(44-55)62(48-23-9-5-10-24-48)49-25-11-6-12-26-49)56-35-21-33-54(45-56)63(50-27-13-7-14-28-50)51-29-15-8-16-30-51/h5-39,42-45H,3-4,40-41H2,1-2H3. The third kappa shape index (κ3) is 7.64. The molecule has 0 saturated heterocycles. The summed E-state index contributed by atoms with van der Waals surface area (Å²) in [5.74, 6) is 0. The Morgan fingerprint density at radius 2 is 0.625 bits per heavy atom. The smallest absolute Gasteiger partial charge is 0.0482 e. The van der Waals surface area contributed by atoms with Crippen LogP contribution >= 0.6 is 0 Å². The number of hydrogen-bond donors (Lipinski definition) is 0. The van der Waals surface area contributed by atoms with E-state index in [4.69, 9.17) is 0 Å². The molecule has 0 atom stereocenters. The van der Waals surface area contributed by atoms with Crippen molar-refractivity contribution in [2.45, 2.75) is 44.9 Å². The van der Waals surface area contributed by atoms with Crippen LogP contribution in [0.25, 0.3) is 22.3 Å². The summed E-state index contributed by atoms with van der Waals surface area (Å²) in [6.07, 6.45) is 4.55. The van der Waals surface area contributed by atoms with Gasteiger partial charge in [0.05, 0.1) is 0 Å². The third-order valence-electron chi connectivity index (χ3n) is 12.8. The molecular formula is C61H53N3. The highest BCUT2D eigenvalue weighted by Crippen LogP contribution is 2.55. The number of anilines is 9. The molecule has 0 N–H and O–H groups in total. The van der Waals surface area contributed by atoms with Gasteiger partial charge < -0.3 is 14.7 Å². The van der Waals surface area contributed by atoms with Crippen molar-refractivity contribution in [2.75, 3.05) is 14.7 Å². The minimum absolute atomic E-state index is 0.0166. The highest BCUT2D eigenvalue weighted by atomic mass is 15.2. The van der Waals surface area contributed by atoms with Crippen LogP contribution in [0.5, 0.6) is 0 Å². The molecule has 0 amide bonds. The normalized spacial score (nSPS) is 12.3. The summed E-state index contributed by atoms with van der Waals surface area (Å²) in [5, 5.41) is 0. The Balaban J connectivity index is 1.14. The third-order valence-corrected chi connectivity index (χ3v) is 12.8. The van der Waals surface area contributed by atoms with Crippen molar-refractivity contribution in [2.24, 2.45) is 0 Å². The number of benzene rings is 9. The van der Waals surface area contributed by atoms with Crippen LogP contribution in [0.3, 0.4) is 0 Å². The van der Waals surface area contributed by atoms with E-state index >= 15 is 0 Å². The van der Waals surface area contributed by atoms with E-state index in [0.717, 1.165) is 76.9 Å². The van der Waals surface area contributed by atoms with Crippen LogP contribution in [0.1, 0.15) is 50.7 Å². The Labute approximate surface area is 379 Å². The van der Waals surface area contributed by atoms with Crippen LogP contribution in [-0.4, -0.2) is 0 Å². The summed E-state index contributed by atoms with van der Waals surface area (Å²) >= 11 is 0. The molecule has 0 aliphatic heterocycles. The molecule has 0 heterocycles. The largest absolute Gasteiger partial charge is 0.310 e. The highest BCUT2D eigenvalue weighted by molar-refractivity contribution is 5.88. The van der Waals surface area contributed by atoms with Gasteiger partial charge in [-0.2, -0.15) is 0 Å². The van der Waals surface area contributed by atoms with Crippen molar-refractivity contribution in [1.82, 2.24) is 0 Å². The fourth-order valence-electron chi connectivity index (χ4n) is 10.2. The molecule has 10 rings (SSSR count). The minimum Gasteiger partial charge on any atom is -0.310 e. The summed E-state index contributed by atoms with van der Waals surface area (Å²) < 4.78 is 0. The Bertz CT molecular complexity index is 2770. The summed E-state index contributed by atoms with van der Waals surface area (Å²) in [4.78, 5) is 7.09. The Morgan fingerprint density at radius 1 is 0.281 bits per heavy atom. The molecule has 1 aliphatic carbocycles. The molecule has 0 radical (unpaired) electrons. The summed E-state index contributed by atoms with van der Waals surface area (Å²) in [6, 6.07) is 86.0. The molecule has 3 nitrogen and oxygen atoms in total. The topological polar surface area (TPSA) is 9.72 Å². The first-order chi connectivity index (χ1) is 31.6. The van der Waals surface area contributed by atoms with Gasteiger partial charge in [0, 0.05) is 56.6 Å². The van der Waals surface area contributed by atoms with Gasteiger partial charge in [0.25, 0.3) is 0 Å². The van der Waals surface area contributed by atoms with Gasteiger partial charge in [0.1, 0.15) is 0 Å². The lowest BCUT2D eigenvalue weighted by Crippen LogP contribution is -2.25.